The van der Waals surface area contributed by atoms with Crippen molar-refractivity contribution in [1.29, 1.82) is 0 Å². The SMILES string of the molecule is CN1CCN(Cc2cccc(C(=O)NCC3=CCNCC3)c2)CC1.Cl.Cl. The van der Waals surface area contributed by atoms with Crippen molar-refractivity contribution < 1.29 is 4.79 Å². The summed E-state index contributed by atoms with van der Waals surface area (Å²) in [4.78, 5) is 17.2. The van der Waals surface area contributed by atoms with Gasteiger partial charge in [0.1, 0.15) is 0 Å². The van der Waals surface area contributed by atoms with Crippen molar-refractivity contribution in [2.24, 2.45) is 0 Å². The Morgan fingerprint density at radius 1 is 1.19 bits per heavy atom. The minimum atomic E-state index is 0. The lowest BCUT2D eigenvalue weighted by Crippen LogP contribution is -2.43. The average molecular weight is 401 g/mol. The Balaban J connectivity index is 0.00000169. The topological polar surface area (TPSA) is 47.6 Å². The van der Waals surface area contributed by atoms with Crippen molar-refractivity contribution in [3.05, 3.63) is 47.0 Å². The van der Waals surface area contributed by atoms with E-state index >= 15 is 0 Å². The lowest BCUT2D eigenvalue weighted by molar-refractivity contribution is 0.0956. The molecule has 2 aliphatic rings. The number of likely N-dealkylation sites (N-methyl/N-ethyl adjacent to an activating group) is 1. The molecule has 0 atom stereocenters. The van der Waals surface area contributed by atoms with E-state index in [1.807, 2.05) is 18.2 Å². The van der Waals surface area contributed by atoms with E-state index in [1.165, 1.54) is 11.1 Å². The van der Waals surface area contributed by atoms with E-state index in [2.05, 4.69) is 39.6 Å². The molecule has 3 rings (SSSR count). The van der Waals surface area contributed by atoms with Gasteiger partial charge < -0.3 is 15.5 Å². The number of nitrogens with zero attached hydrogens (tertiary/aromatic N) is 2. The number of rotatable bonds is 5. The number of halogens is 2. The van der Waals surface area contributed by atoms with Crippen molar-refractivity contribution >= 4 is 30.7 Å². The summed E-state index contributed by atoms with van der Waals surface area (Å²) in [5.41, 5.74) is 3.29. The summed E-state index contributed by atoms with van der Waals surface area (Å²) in [6.45, 7) is 7.90. The van der Waals surface area contributed by atoms with Gasteiger partial charge in [0.2, 0.25) is 0 Å². The van der Waals surface area contributed by atoms with Crippen LogP contribution in [0.4, 0.5) is 0 Å². The van der Waals surface area contributed by atoms with Gasteiger partial charge in [-0.15, -0.1) is 24.8 Å². The molecule has 0 aromatic heterocycles. The summed E-state index contributed by atoms with van der Waals surface area (Å²) in [5.74, 6) is 0.0228. The summed E-state index contributed by atoms with van der Waals surface area (Å²) in [5, 5.41) is 6.34. The Bertz CT molecular complexity index is 601. The summed E-state index contributed by atoms with van der Waals surface area (Å²) >= 11 is 0. The van der Waals surface area contributed by atoms with Crippen LogP contribution in [0.2, 0.25) is 0 Å². The first-order valence-corrected chi connectivity index (χ1v) is 8.87. The van der Waals surface area contributed by atoms with E-state index in [0.717, 1.165) is 57.8 Å². The second-order valence-corrected chi connectivity index (χ2v) is 6.78. The molecule has 1 saturated heterocycles. The largest absolute Gasteiger partial charge is 0.348 e. The molecule has 2 heterocycles. The Kier molecular flexibility index (Phi) is 10.2. The average Bonchev–Trinajstić information content (AvgIpc) is 2.63. The third kappa shape index (κ3) is 6.89. The van der Waals surface area contributed by atoms with Crippen molar-refractivity contribution in [2.75, 3.05) is 52.9 Å². The third-order valence-corrected chi connectivity index (χ3v) is 4.83. The summed E-state index contributed by atoms with van der Waals surface area (Å²) < 4.78 is 0. The fraction of sp³-hybridized carbons (Fsp3) is 0.526. The highest BCUT2D eigenvalue weighted by Crippen LogP contribution is 2.11. The van der Waals surface area contributed by atoms with E-state index < -0.39 is 0 Å². The van der Waals surface area contributed by atoms with Crippen LogP contribution in [0.5, 0.6) is 0 Å². The molecule has 1 aromatic carbocycles. The summed E-state index contributed by atoms with van der Waals surface area (Å²) in [6.07, 6.45) is 3.19. The number of benzene rings is 1. The first kappa shape index (κ1) is 22.9. The van der Waals surface area contributed by atoms with Gasteiger partial charge in [-0.25, -0.2) is 0 Å². The van der Waals surface area contributed by atoms with Crippen LogP contribution in [-0.2, 0) is 6.54 Å². The quantitative estimate of drug-likeness (QED) is 0.741. The second-order valence-electron chi connectivity index (χ2n) is 6.78. The second kappa shape index (κ2) is 11.6. The van der Waals surface area contributed by atoms with Crippen molar-refractivity contribution in [1.82, 2.24) is 20.4 Å². The highest BCUT2D eigenvalue weighted by atomic mass is 35.5. The van der Waals surface area contributed by atoms with Gasteiger partial charge in [-0.05, 0) is 37.7 Å². The maximum Gasteiger partial charge on any atom is 0.251 e. The molecular formula is C19H30Cl2N4O. The Hall–Kier alpha value is -1.11. The molecule has 1 amide bonds. The van der Waals surface area contributed by atoms with Crippen LogP contribution in [0.15, 0.2) is 35.9 Å². The highest BCUT2D eigenvalue weighted by molar-refractivity contribution is 5.94. The number of hydrogen-bond donors (Lipinski definition) is 2. The lowest BCUT2D eigenvalue weighted by Gasteiger charge is -2.32. The number of amides is 1. The smallest absolute Gasteiger partial charge is 0.251 e. The van der Waals surface area contributed by atoms with Gasteiger partial charge in [0, 0.05) is 51.4 Å². The molecule has 2 aliphatic heterocycles. The maximum atomic E-state index is 12.4. The minimum absolute atomic E-state index is 0. The molecule has 2 N–H and O–H groups in total. The van der Waals surface area contributed by atoms with Gasteiger partial charge in [-0.3, -0.25) is 9.69 Å². The number of piperazine rings is 1. The molecule has 26 heavy (non-hydrogen) atoms. The molecule has 0 bridgehead atoms. The highest BCUT2D eigenvalue weighted by Gasteiger charge is 2.14. The molecule has 0 spiro atoms. The third-order valence-electron chi connectivity index (χ3n) is 4.83. The van der Waals surface area contributed by atoms with Gasteiger partial charge in [0.05, 0.1) is 0 Å². The van der Waals surface area contributed by atoms with E-state index in [4.69, 9.17) is 0 Å². The summed E-state index contributed by atoms with van der Waals surface area (Å²) in [7, 11) is 2.17. The van der Waals surface area contributed by atoms with Crippen molar-refractivity contribution in [3.63, 3.8) is 0 Å². The molecular weight excluding hydrogens is 371 g/mol. The van der Waals surface area contributed by atoms with Crippen LogP contribution in [0.25, 0.3) is 0 Å². The first-order chi connectivity index (χ1) is 11.7. The number of hydrogen-bond acceptors (Lipinski definition) is 4. The molecule has 0 unspecified atom stereocenters. The molecule has 1 aromatic rings. The number of carbonyl (C=O) groups excluding carboxylic acids is 1. The normalized spacial score (nSPS) is 18.3. The zero-order chi connectivity index (χ0) is 16.8. The zero-order valence-corrected chi connectivity index (χ0v) is 17.0. The molecule has 5 nitrogen and oxygen atoms in total. The number of nitrogens with one attached hydrogen (secondary N) is 2. The first-order valence-electron chi connectivity index (χ1n) is 8.87. The molecule has 0 saturated carbocycles. The Morgan fingerprint density at radius 2 is 1.96 bits per heavy atom. The van der Waals surface area contributed by atoms with Crippen LogP contribution < -0.4 is 10.6 Å². The minimum Gasteiger partial charge on any atom is -0.348 e. The van der Waals surface area contributed by atoms with Crippen LogP contribution in [0.3, 0.4) is 0 Å². The fourth-order valence-electron chi connectivity index (χ4n) is 3.20. The summed E-state index contributed by atoms with van der Waals surface area (Å²) in [6, 6.07) is 8.04. The van der Waals surface area contributed by atoms with Gasteiger partial charge in [0.25, 0.3) is 5.91 Å². The number of carbonyl (C=O) groups is 1. The monoisotopic (exact) mass is 400 g/mol. The predicted octanol–water partition coefficient (Wildman–Crippen LogP) is 1.93. The Morgan fingerprint density at radius 3 is 2.65 bits per heavy atom. The van der Waals surface area contributed by atoms with E-state index in [9.17, 15) is 4.79 Å². The fourth-order valence-corrected chi connectivity index (χ4v) is 3.20. The molecule has 0 aliphatic carbocycles. The predicted molar refractivity (Wildman–Crippen MR) is 112 cm³/mol. The van der Waals surface area contributed by atoms with E-state index in [-0.39, 0.29) is 30.7 Å². The molecule has 146 valence electrons. The maximum absolute atomic E-state index is 12.4. The van der Waals surface area contributed by atoms with Crippen LogP contribution >= 0.6 is 24.8 Å². The van der Waals surface area contributed by atoms with Gasteiger partial charge in [-0.2, -0.15) is 0 Å². The van der Waals surface area contributed by atoms with Crippen molar-refractivity contribution in [3.8, 4) is 0 Å². The zero-order valence-electron chi connectivity index (χ0n) is 15.4. The van der Waals surface area contributed by atoms with E-state index in [1.54, 1.807) is 0 Å². The van der Waals surface area contributed by atoms with Crippen LogP contribution in [0.1, 0.15) is 22.3 Å². The van der Waals surface area contributed by atoms with Crippen molar-refractivity contribution in [2.45, 2.75) is 13.0 Å². The molecule has 0 radical (unpaired) electrons. The van der Waals surface area contributed by atoms with Gasteiger partial charge in [-0.1, -0.05) is 23.8 Å². The standard InChI is InChI=1S/C19H28N4O.2ClH/c1-22-9-11-23(12-10-22)15-17-3-2-4-18(13-17)19(24)21-14-16-5-7-20-8-6-16;;/h2-5,13,20H,6-12,14-15H2,1H3,(H,21,24);2*1H. The van der Waals surface area contributed by atoms with Crippen LogP contribution in [0, 0.1) is 0 Å². The Labute approximate surface area is 169 Å². The molecule has 1 fully saturated rings. The lowest BCUT2D eigenvalue weighted by atomic mass is 10.1. The van der Waals surface area contributed by atoms with Gasteiger partial charge >= 0.3 is 0 Å². The molecule has 7 heteroatoms. The van der Waals surface area contributed by atoms with Crippen LogP contribution in [-0.4, -0.2) is 68.6 Å². The van der Waals surface area contributed by atoms with E-state index in [0.29, 0.717) is 6.54 Å². The van der Waals surface area contributed by atoms with Gasteiger partial charge in [0.15, 0.2) is 0 Å².